The first-order valence-corrected chi connectivity index (χ1v) is 4.27. The molecule has 0 spiro atoms. The van der Waals surface area contributed by atoms with Crippen molar-refractivity contribution in [1.29, 1.82) is 0 Å². The topological polar surface area (TPSA) is 37.3 Å². The van der Waals surface area contributed by atoms with Crippen molar-refractivity contribution in [2.75, 3.05) is 0 Å². The third kappa shape index (κ3) is 2.78. The van der Waals surface area contributed by atoms with E-state index in [0.717, 1.165) is 6.29 Å². The summed E-state index contributed by atoms with van der Waals surface area (Å²) in [5.74, 6) is -0.357. The second kappa shape index (κ2) is 5.29. The molecule has 0 saturated heterocycles. The first kappa shape index (κ1) is 10.6. The van der Waals surface area contributed by atoms with Gasteiger partial charge in [-0.1, -0.05) is 18.2 Å². The summed E-state index contributed by atoms with van der Waals surface area (Å²) in [7, 11) is 0. The number of carbonyl (C=O) groups excluding carboxylic acids is 1. The van der Waals surface area contributed by atoms with Crippen LogP contribution in [0.25, 0.3) is 6.08 Å². The molecule has 0 atom stereocenters. The number of allylic oxidation sites excluding steroid dienone is 1. The quantitative estimate of drug-likeness (QED) is 0.743. The number of aliphatic hydroxyl groups is 1. The third-order valence-electron chi connectivity index (χ3n) is 1.77. The van der Waals surface area contributed by atoms with E-state index < -0.39 is 0 Å². The Bertz CT molecular complexity index is 345. The van der Waals surface area contributed by atoms with Crippen molar-refractivity contribution in [3.05, 3.63) is 41.2 Å². The molecular formula is C11H11FO2. The first-order valence-electron chi connectivity index (χ1n) is 4.27. The number of carbonyl (C=O) groups is 1. The maximum Gasteiger partial charge on any atom is 0.130 e. The van der Waals surface area contributed by atoms with Crippen LogP contribution in [0.15, 0.2) is 24.3 Å². The van der Waals surface area contributed by atoms with Crippen molar-refractivity contribution in [2.24, 2.45) is 0 Å². The van der Waals surface area contributed by atoms with Crippen LogP contribution in [0, 0.1) is 5.82 Å². The van der Waals surface area contributed by atoms with Gasteiger partial charge in [0.2, 0.25) is 0 Å². The Labute approximate surface area is 81.7 Å². The molecule has 0 aromatic heterocycles. The molecule has 14 heavy (non-hydrogen) atoms. The van der Waals surface area contributed by atoms with Gasteiger partial charge < -0.3 is 9.90 Å². The van der Waals surface area contributed by atoms with Crippen LogP contribution in [0.1, 0.15) is 17.5 Å². The highest BCUT2D eigenvalue weighted by molar-refractivity contribution is 5.58. The number of halogens is 1. The summed E-state index contributed by atoms with van der Waals surface area (Å²) in [5.41, 5.74) is 1.04. The van der Waals surface area contributed by atoms with E-state index in [1.54, 1.807) is 12.1 Å². The number of hydrogen-bond acceptors (Lipinski definition) is 2. The standard InChI is InChI=1S/C11H11FO2/c12-11-5-4-9(8-14)7-10(11)3-1-2-6-13/h1,3-7,14H,2,8H2. The zero-order chi connectivity index (χ0) is 10.4. The average Bonchev–Trinajstić information content (AvgIpc) is 2.21. The summed E-state index contributed by atoms with van der Waals surface area (Å²) in [6, 6.07) is 4.37. The van der Waals surface area contributed by atoms with E-state index in [2.05, 4.69) is 0 Å². The number of rotatable bonds is 4. The van der Waals surface area contributed by atoms with Crippen molar-refractivity contribution >= 4 is 12.4 Å². The molecule has 0 unspecified atom stereocenters. The van der Waals surface area contributed by atoms with E-state index in [4.69, 9.17) is 5.11 Å². The molecule has 0 amide bonds. The van der Waals surface area contributed by atoms with Crippen molar-refractivity contribution in [2.45, 2.75) is 13.0 Å². The third-order valence-corrected chi connectivity index (χ3v) is 1.77. The molecule has 1 rings (SSSR count). The summed E-state index contributed by atoms with van der Waals surface area (Å²) in [6.07, 6.45) is 4.11. The molecule has 1 aromatic rings. The molecule has 0 heterocycles. The van der Waals surface area contributed by atoms with E-state index in [9.17, 15) is 9.18 Å². The predicted octanol–water partition coefficient (Wildman–Crippen LogP) is 1.92. The molecule has 0 aliphatic rings. The zero-order valence-electron chi connectivity index (χ0n) is 7.61. The number of hydrogen-bond donors (Lipinski definition) is 1. The highest BCUT2D eigenvalue weighted by Crippen LogP contribution is 2.12. The fourth-order valence-electron chi connectivity index (χ4n) is 1.07. The molecule has 1 N–H and O–H groups in total. The number of aliphatic hydroxyl groups excluding tert-OH is 1. The highest BCUT2D eigenvalue weighted by atomic mass is 19.1. The summed E-state index contributed by atoms with van der Waals surface area (Å²) in [5, 5.41) is 8.82. The van der Waals surface area contributed by atoms with Gasteiger partial charge in [-0.05, 0) is 17.7 Å². The minimum absolute atomic E-state index is 0.116. The number of aldehydes is 1. The Morgan fingerprint density at radius 1 is 1.43 bits per heavy atom. The minimum Gasteiger partial charge on any atom is -0.392 e. The van der Waals surface area contributed by atoms with Gasteiger partial charge in [0.25, 0.3) is 0 Å². The SMILES string of the molecule is O=CCC=Cc1cc(CO)ccc1F. The molecule has 0 radical (unpaired) electrons. The van der Waals surface area contributed by atoms with Gasteiger partial charge in [0.1, 0.15) is 12.1 Å². The van der Waals surface area contributed by atoms with Crippen molar-refractivity contribution in [3.63, 3.8) is 0 Å². The molecule has 0 bridgehead atoms. The normalized spacial score (nSPS) is 10.7. The molecule has 0 aliphatic carbocycles. The second-order valence-corrected chi connectivity index (χ2v) is 2.82. The van der Waals surface area contributed by atoms with E-state index in [1.165, 1.54) is 18.2 Å². The Morgan fingerprint density at radius 3 is 2.86 bits per heavy atom. The van der Waals surface area contributed by atoms with Crippen LogP contribution in [0.2, 0.25) is 0 Å². The number of benzene rings is 1. The van der Waals surface area contributed by atoms with Crippen LogP contribution < -0.4 is 0 Å². The molecule has 74 valence electrons. The zero-order valence-corrected chi connectivity index (χ0v) is 7.61. The fraction of sp³-hybridized carbons (Fsp3) is 0.182. The summed E-state index contributed by atoms with van der Waals surface area (Å²) >= 11 is 0. The largest absolute Gasteiger partial charge is 0.392 e. The molecule has 1 aromatic carbocycles. The smallest absolute Gasteiger partial charge is 0.130 e. The van der Waals surface area contributed by atoms with Gasteiger partial charge in [0, 0.05) is 12.0 Å². The Hall–Kier alpha value is -1.48. The van der Waals surface area contributed by atoms with Crippen LogP contribution >= 0.6 is 0 Å². The van der Waals surface area contributed by atoms with Gasteiger partial charge in [0.05, 0.1) is 6.61 Å². The lowest BCUT2D eigenvalue weighted by Crippen LogP contribution is -1.87. The van der Waals surface area contributed by atoms with Crippen molar-refractivity contribution in [3.8, 4) is 0 Å². The van der Waals surface area contributed by atoms with E-state index in [0.29, 0.717) is 11.1 Å². The molecular weight excluding hydrogens is 183 g/mol. The monoisotopic (exact) mass is 194 g/mol. The molecule has 0 fully saturated rings. The fourth-order valence-corrected chi connectivity index (χ4v) is 1.07. The average molecular weight is 194 g/mol. The Kier molecular flexibility index (Phi) is 4.01. The maximum absolute atomic E-state index is 13.1. The lowest BCUT2D eigenvalue weighted by Gasteiger charge is -1.99. The van der Waals surface area contributed by atoms with Gasteiger partial charge in [-0.25, -0.2) is 4.39 Å². The van der Waals surface area contributed by atoms with Gasteiger partial charge in [0.15, 0.2) is 0 Å². The van der Waals surface area contributed by atoms with Crippen LogP contribution in [0.3, 0.4) is 0 Å². The molecule has 0 saturated carbocycles. The van der Waals surface area contributed by atoms with E-state index in [-0.39, 0.29) is 18.8 Å². The van der Waals surface area contributed by atoms with Crippen LogP contribution in [0.5, 0.6) is 0 Å². The van der Waals surface area contributed by atoms with E-state index >= 15 is 0 Å². The maximum atomic E-state index is 13.1. The van der Waals surface area contributed by atoms with Gasteiger partial charge in [-0.2, -0.15) is 0 Å². The summed E-state index contributed by atoms with van der Waals surface area (Å²) < 4.78 is 13.1. The van der Waals surface area contributed by atoms with Gasteiger partial charge >= 0.3 is 0 Å². The molecule has 2 nitrogen and oxygen atoms in total. The van der Waals surface area contributed by atoms with Crippen molar-refractivity contribution < 1.29 is 14.3 Å². The van der Waals surface area contributed by atoms with Crippen LogP contribution in [-0.4, -0.2) is 11.4 Å². The highest BCUT2D eigenvalue weighted by Gasteiger charge is 1.99. The first-order chi connectivity index (χ1) is 6.77. The van der Waals surface area contributed by atoms with Crippen LogP contribution in [0.4, 0.5) is 4.39 Å². The van der Waals surface area contributed by atoms with Gasteiger partial charge in [-0.3, -0.25) is 0 Å². The van der Waals surface area contributed by atoms with Gasteiger partial charge in [-0.15, -0.1) is 0 Å². The Balaban J connectivity index is 2.88. The lowest BCUT2D eigenvalue weighted by atomic mass is 10.1. The lowest BCUT2D eigenvalue weighted by molar-refractivity contribution is -0.107. The molecule has 0 aliphatic heterocycles. The van der Waals surface area contributed by atoms with Crippen LogP contribution in [-0.2, 0) is 11.4 Å². The molecule has 3 heteroatoms. The Morgan fingerprint density at radius 2 is 2.21 bits per heavy atom. The summed E-state index contributed by atoms with van der Waals surface area (Å²) in [6.45, 7) is -0.116. The summed E-state index contributed by atoms with van der Waals surface area (Å²) in [4.78, 5) is 10.0. The minimum atomic E-state index is -0.357. The van der Waals surface area contributed by atoms with E-state index in [1.807, 2.05) is 0 Å². The second-order valence-electron chi connectivity index (χ2n) is 2.82. The predicted molar refractivity (Wildman–Crippen MR) is 52.0 cm³/mol. The van der Waals surface area contributed by atoms with Crippen molar-refractivity contribution in [1.82, 2.24) is 0 Å².